The molecule has 2 aromatic carbocycles. The van der Waals surface area contributed by atoms with Crippen LogP contribution in [0.4, 0.5) is 5.69 Å². The van der Waals surface area contributed by atoms with E-state index in [4.69, 9.17) is 21.1 Å². The molecule has 31 heavy (non-hydrogen) atoms. The molecule has 1 aromatic heterocycles. The first-order valence-corrected chi connectivity index (χ1v) is 9.55. The van der Waals surface area contributed by atoms with Gasteiger partial charge in [-0.05, 0) is 36.3 Å². The molecule has 0 saturated carbocycles. The number of ether oxygens (including phenoxy) is 2. The number of hydrogen-bond donors (Lipinski definition) is 2. The van der Waals surface area contributed by atoms with Crippen molar-refractivity contribution in [1.29, 1.82) is 0 Å². The predicted molar refractivity (Wildman–Crippen MR) is 115 cm³/mol. The summed E-state index contributed by atoms with van der Waals surface area (Å²) in [5.41, 5.74) is -0.507. The lowest BCUT2D eigenvalue weighted by molar-refractivity contribution is -0.387. The molecule has 10 heteroatoms. The Morgan fingerprint density at radius 3 is 2.61 bits per heavy atom. The predicted octanol–water partition coefficient (Wildman–Crippen LogP) is 4.19. The third-order valence-electron chi connectivity index (χ3n) is 4.07. The van der Waals surface area contributed by atoms with Gasteiger partial charge in [0.15, 0.2) is 11.5 Å². The number of aromatic nitrogens is 2. The first-order valence-electron chi connectivity index (χ1n) is 9.18. The zero-order chi connectivity index (χ0) is 22.4. The van der Waals surface area contributed by atoms with Gasteiger partial charge in [0.1, 0.15) is 12.4 Å². The molecule has 0 bridgehead atoms. The van der Waals surface area contributed by atoms with Gasteiger partial charge in [0.05, 0.1) is 16.6 Å². The van der Waals surface area contributed by atoms with E-state index < -0.39 is 22.0 Å². The van der Waals surface area contributed by atoms with Gasteiger partial charge in [-0.15, -0.1) is 0 Å². The Morgan fingerprint density at radius 1 is 1.23 bits per heavy atom. The minimum atomic E-state index is -1.06. The second kappa shape index (κ2) is 9.77. The van der Waals surface area contributed by atoms with Crippen LogP contribution in [0.25, 0.3) is 12.2 Å². The molecule has 3 aromatic rings. The van der Waals surface area contributed by atoms with Crippen molar-refractivity contribution in [2.24, 2.45) is 0 Å². The van der Waals surface area contributed by atoms with Crippen molar-refractivity contribution in [3.63, 3.8) is 0 Å². The average molecular weight is 444 g/mol. The van der Waals surface area contributed by atoms with Crippen LogP contribution in [0.1, 0.15) is 23.9 Å². The van der Waals surface area contributed by atoms with Crippen molar-refractivity contribution in [3.05, 3.63) is 84.9 Å². The molecule has 160 valence electrons. The van der Waals surface area contributed by atoms with Crippen molar-refractivity contribution in [2.45, 2.75) is 13.5 Å². The number of nitro groups is 1. The van der Waals surface area contributed by atoms with E-state index in [-0.39, 0.29) is 5.82 Å². The zero-order valence-electron chi connectivity index (χ0n) is 16.4. The average Bonchev–Trinajstić information content (AvgIpc) is 2.72. The van der Waals surface area contributed by atoms with Crippen LogP contribution >= 0.6 is 11.6 Å². The highest BCUT2D eigenvalue weighted by Crippen LogP contribution is 2.37. The quantitative estimate of drug-likeness (QED) is 0.394. The number of nitrogens with zero attached hydrogens (tertiary/aromatic N) is 2. The number of benzene rings is 2. The van der Waals surface area contributed by atoms with E-state index in [2.05, 4.69) is 9.97 Å². The summed E-state index contributed by atoms with van der Waals surface area (Å²) in [7, 11) is 0. The minimum absolute atomic E-state index is 0.0633. The van der Waals surface area contributed by atoms with E-state index in [0.29, 0.717) is 35.3 Å². The Hall–Kier alpha value is -3.85. The maximum absolute atomic E-state index is 11.8. The van der Waals surface area contributed by atoms with Gasteiger partial charge in [0.2, 0.25) is 0 Å². The summed E-state index contributed by atoms with van der Waals surface area (Å²) < 4.78 is 11.5. The van der Waals surface area contributed by atoms with Crippen LogP contribution in [0.5, 0.6) is 17.4 Å². The van der Waals surface area contributed by atoms with E-state index >= 15 is 0 Å². The van der Waals surface area contributed by atoms with Gasteiger partial charge in [-0.1, -0.05) is 48.0 Å². The highest BCUT2D eigenvalue weighted by Gasteiger charge is 2.21. The maximum Gasteiger partial charge on any atom is 0.395 e. The summed E-state index contributed by atoms with van der Waals surface area (Å²) in [6, 6.07) is 12.9. The summed E-state index contributed by atoms with van der Waals surface area (Å²) in [6.07, 6.45) is 2.93. The second-order valence-electron chi connectivity index (χ2n) is 6.25. The molecule has 0 aliphatic rings. The van der Waals surface area contributed by atoms with Crippen molar-refractivity contribution >= 4 is 29.4 Å². The Kier molecular flexibility index (Phi) is 6.88. The fraction of sp³-hybridized carbons (Fsp3) is 0.143. The van der Waals surface area contributed by atoms with Gasteiger partial charge < -0.3 is 19.6 Å². The molecular weight excluding hydrogens is 426 g/mol. The number of nitrogens with one attached hydrogen (secondary N) is 1. The Balaban J connectivity index is 1.87. The van der Waals surface area contributed by atoms with Crippen molar-refractivity contribution in [3.8, 4) is 17.4 Å². The van der Waals surface area contributed by atoms with E-state index in [1.165, 1.54) is 6.08 Å². The molecule has 3 rings (SSSR count). The van der Waals surface area contributed by atoms with Gasteiger partial charge in [-0.25, -0.2) is 0 Å². The summed E-state index contributed by atoms with van der Waals surface area (Å²) in [5.74, 6) is -0.208. The van der Waals surface area contributed by atoms with E-state index in [9.17, 15) is 20.0 Å². The first kappa shape index (κ1) is 21.8. The van der Waals surface area contributed by atoms with Crippen LogP contribution in [0.2, 0.25) is 5.02 Å². The lowest BCUT2D eigenvalue weighted by atomic mass is 10.1. The summed E-state index contributed by atoms with van der Waals surface area (Å²) in [6.45, 7) is 2.52. The topological polar surface area (TPSA) is 128 Å². The molecule has 0 radical (unpaired) electrons. The molecule has 1 heterocycles. The highest BCUT2D eigenvalue weighted by atomic mass is 35.5. The first-order chi connectivity index (χ1) is 14.9. The molecule has 0 fully saturated rings. The van der Waals surface area contributed by atoms with Crippen molar-refractivity contribution in [1.82, 2.24) is 9.97 Å². The molecular formula is C21H18ClN3O6. The van der Waals surface area contributed by atoms with Gasteiger partial charge >= 0.3 is 11.2 Å². The van der Waals surface area contributed by atoms with Gasteiger partial charge in [-0.3, -0.25) is 14.9 Å². The number of aromatic hydroxyl groups is 1. The summed E-state index contributed by atoms with van der Waals surface area (Å²) in [4.78, 5) is 27.4. The Labute approximate surface area is 181 Å². The van der Waals surface area contributed by atoms with E-state index in [0.717, 1.165) is 5.56 Å². The number of halogens is 1. The van der Waals surface area contributed by atoms with Crippen molar-refractivity contribution < 1.29 is 19.5 Å². The smallest absolute Gasteiger partial charge is 0.395 e. The molecule has 2 N–H and O–H groups in total. The molecule has 0 amide bonds. The van der Waals surface area contributed by atoms with Gasteiger partial charge in [0.25, 0.3) is 5.88 Å². The summed E-state index contributed by atoms with van der Waals surface area (Å²) in [5, 5.41) is 20.7. The number of hydrogen-bond acceptors (Lipinski definition) is 7. The molecule has 0 atom stereocenters. The van der Waals surface area contributed by atoms with Crippen LogP contribution < -0.4 is 15.0 Å². The minimum Gasteiger partial charge on any atom is -0.490 e. The SMILES string of the molecule is CCOc1cc(C=Cc2nc(O)c([N+](=O)[O-])c(=O)[nH]2)cc(Cl)c1OCc1ccccc1. The van der Waals surface area contributed by atoms with Crippen LogP contribution in [0.15, 0.2) is 47.3 Å². The Morgan fingerprint density at radius 2 is 1.97 bits per heavy atom. The lowest BCUT2D eigenvalue weighted by Crippen LogP contribution is -2.14. The molecule has 0 spiro atoms. The summed E-state index contributed by atoms with van der Waals surface area (Å²) >= 11 is 6.40. The molecule has 0 aliphatic carbocycles. The van der Waals surface area contributed by atoms with Crippen LogP contribution in [0.3, 0.4) is 0 Å². The fourth-order valence-corrected chi connectivity index (χ4v) is 2.98. The van der Waals surface area contributed by atoms with Crippen LogP contribution in [-0.4, -0.2) is 26.6 Å². The van der Waals surface area contributed by atoms with Gasteiger partial charge in [-0.2, -0.15) is 4.98 Å². The standard InChI is InChI=1S/C21H18ClN3O6/c1-2-30-16-11-14(8-9-17-23-20(26)18(25(28)29)21(27)24-17)10-15(22)19(16)31-12-13-6-4-3-5-7-13/h3-11H,2,12H2,1H3,(H2,23,24,26,27). The second-order valence-corrected chi connectivity index (χ2v) is 6.66. The molecule has 0 unspecified atom stereocenters. The number of rotatable bonds is 8. The van der Waals surface area contributed by atoms with Crippen molar-refractivity contribution in [2.75, 3.05) is 6.61 Å². The van der Waals surface area contributed by atoms with Gasteiger partial charge in [0, 0.05) is 0 Å². The zero-order valence-corrected chi connectivity index (χ0v) is 17.1. The molecule has 9 nitrogen and oxygen atoms in total. The maximum atomic E-state index is 11.8. The van der Waals surface area contributed by atoms with E-state index in [1.54, 1.807) is 18.2 Å². The number of H-pyrrole nitrogens is 1. The van der Waals surface area contributed by atoms with Crippen LogP contribution in [0, 0.1) is 10.1 Å². The normalized spacial score (nSPS) is 10.9. The monoisotopic (exact) mass is 443 g/mol. The molecule has 0 aliphatic heterocycles. The largest absolute Gasteiger partial charge is 0.490 e. The van der Waals surface area contributed by atoms with E-state index in [1.807, 2.05) is 37.3 Å². The lowest BCUT2D eigenvalue weighted by Gasteiger charge is -2.14. The third-order valence-corrected chi connectivity index (χ3v) is 4.35. The number of aromatic amines is 1. The molecule has 0 saturated heterocycles. The van der Waals surface area contributed by atoms with Crippen LogP contribution in [-0.2, 0) is 6.61 Å². The fourth-order valence-electron chi connectivity index (χ4n) is 2.71. The Bertz CT molecular complexity index is 1180. The third kappa shape index (κ3) is 5.40. The highest BCUT2D eigenvalue weighted by molar-refractivity contribution is 6.32.